The molecule has 0 aromatic heterocycles. The van der Waals surface area contributed by atoms with E-state index in [-0.39, 0.29) is 5.78 Å². The summed E-state index contributed by atoms with van der Waals surface area (Å²) in [5, 5.41) is 21.8. The zero-order valence-electron chi connectivity index (χ0n) is 17.3. The van der Waals surface area contributed by atoms with Gasteiger partial charge in [0.05, 0.1) is 18.2 Å². The van der Waals surface area contributed by atoms with Crippen molar-refractivity contribution in [2.45, 2.75) is 18.0 Å². The summed E-state index contributed by atoms with van der Waals surface area (Å²) < 4.78 is 0. The van der Waals surface area contributed by atoms with E-state index in [9.17, 15) is 15.3 Å². The molecule has 5 rings (SSSR count). The third-order valence-electron chi connectivity index (χ3n) is 6.57. The third kappa shape index (κ3) is 3.15. The van der Waals surface area contributed by atoms with E-state index in [0.717, 1.165) is 11.1 Å². The molecule has 0 saturated carbocycles. The van der Waals surface area contributed by atoms with Crippen LogP contribution in [0.4, 0.5) is 0 Å². The Hall–Kier alpha value is -3.57. The molecule has 2 aliphatic rings. The van der Waals surface area contributed by atoms with Crippen LogP contribution in [0.5, 0.6) is 0 Å². The van der Waals surface area contributed by atoms with Gasteiger partial charge in [-0.15, -0.1) is 0 Å². The summed E-state index contributed by atoms with van der Waals surface area (Å²) in [6.45, 7) is 0. The van der Waals surface area contributed by atoms with Gasteiger partial charge in [0, 0.05) is 27.7 Å². The van der Waals surface area contributed by atoms with Crippen molar-refractivity contribution in [3.8, 4) is 12.1 Å². The van der Waals surface area contributed by atoms with Crippen LogP contribution in [0.25, 0.3) is 6.08 Å². The number of fused-ring (bicyclic) bond motifs is 3. The highest BCUT2D eigenvalue weighted by Gasteiger charge is 2.64. The molecule has 6 heteroatoms. The molecular formula is C27H17Cl2N3O. The molecule has 1 saturated heterocycles. The van der Waals surface area contributed by atoms with Gasteiger partial charge < -0.3 is 4.90 Å². The maximum absolute atomic E-state index is 13.9. The molecule has 3 aromatic rings. The molecule has 2 heterocycles. The molecule has 0 radical (unpaired) electrons. The van der Waals surface area contributed by atoms with Crippen LogP contribution in [0.15, 0.2) is 79.0 Å². The maximum atomic E-state index is 13.9. The first-order valence-corrected chi connectivity index (χ1v) is 11.2. The summed E-state index contributed by atoms with van der Waals surface area (Å²) in [4.78, 5) is 15.8. The number of halogens is 2. The van der Waals surface area contributed by atoms with Crippen LogP contribution in [0, 0.1) is 28.1 Å². The van der Waals surface area contributed by atoms with Gasteiger partial charge in [0.25, 0.3) is 0 Å². The maximum Gasteiger partial charge on any atom is 0.185 e. The standard InChI is InChI=1S/C27H17Cl2N3O/c28-19-10-11-21(22(29)14-19)23-24(25(33)18-7-2-1-3-8-18)32-13-12-17-6-4-5-9-20(17)26(32)27(23,15-30)16-31/h1-14,23-24,26H/t23-,24-,26+/m1/s1. The topological polar surface area (TPSA) is 67.9 Å². The second-order valence-electron chi connectivity index (χ2n) is 8.21. The molecule has 0 N–H and O–H groups in total. The van der Waals surface area contributed by atoms with E-state index < -0.39 is 23.4 Å². The Kier molecular flexibility index (Phi) is 5.22. The quantitative estimate of drug-likeness (QED) is 0.415. The van der Waals surface area contributed by atoms with Crippen molar-refractivity contribution in [3.63, 3.8) is 0 Å². The van der Waals surface area contributed by atoms with Gasteiger partial charge in [0.15, 0.2) is 11.2 Å². The molecule has 0 bridgehead atoms. The smallest absolute Gasteiger partial charge is 0.185 e. The van der Waals surface area contributed by atoms with Gasteiger partial charge in [-0.2, -0.15) is 10.5 Å². The Balaban J connectivity index is 1.80. The zero-order valence-corrected chi connectivity index (χ0v) is 18.8. The number of Topliss-reactive ketones (excluding diaryl/α,β-unsaturated/α-hetero) is 1. The van der Waals surface area contributed by atoms with E-state index in [1.54, 1.807) is 42.5 Å². The van der Waals surface area contributed by atoms with E-state index in [1.165, 1.54) is 0 Å². The first-order valence-electron chi connectivity index (χ1n) is 10.4. The van der Waals surface area contributed by atoms with Crippen LogP contribution >= 0.6 is 23.2 Å². The molecule has 3 atom stereocenters. The molecule has 0 aliphatic carbocycles. The van der Waals surface area contributed by atoms with Crippen molar-refractivity contribution in [2.24, 2.45) is 5.41 Å². The summed E-state index contributed by atoms with van der Waals surface area (Å²) in [5.41, 5.74) is 1.26. The van der Waals surface area contributed by atoms with Crippen molar-refractivity contribution < 1.29 is 4.79 Å². The second-order valence-corrected chi connectivity index (χ2v) is 9.05. The summed E-state index contributed by atoms with van der Waals surface area (Å²) in [6.07, 6.45) is 3.74. The molecule has 0 spiro atoms. The van der Waals surface area contributed by atoms with Crippen LogP contribution in [-0.4, -0.2) is 16.7 Å². The lowest BCUT2D eigenvalue weighted by Crippen LogP contribution is -2.37. The molecule has 1 fully saturated rings. The Morgan fingerprint density at radius 1 is 0.909 bits per heavy atom. The van der Waals surface area contributed by atoms with Crippen LogP contribution in [0.3, 0.4) is 0 Å². The predicted octanol–water partition coefficient (Wildman–Crippen LogP) is 6.40. The number of hydrogen-bond acceptors (Lipinski definition) is 4. The lowest BCUT2D eigenvalue weighted by Gasteiger charge is -2.34. The molecule has 160 valence electrons. The third-order valence-corrected chi connectivity index (χ3v) is 7.13. The minimum Gasteiger partial charge on any atom is -0.357 e. The summed E-state index contributed by atoms with van der Waals surface area (Å²) >= 11 is 12.8. The summed E-state index contributed by atoms with van der Waals surface area (Å²) in [6, 6.07) is 24.7. The van der Waals surface area contributed by atoms with Crippen LogP contribution in [0.2, 0.25) is 10.0 Å². The zero-order chi connectivity index (χ0) is 23.2. The Morgan fingerprint density at radius 3 is 2.30 bits per heavy atom. The average molecular weight is 470 g/mol. The van der Waals surface area contributed by atoms with Gasteiger partial charge in [-0.1, -0.05) is 83.9 Å². The lowest BCUT2D eigenvalue weighted by molar-refractivity contribution is 0.0875. The molecule has 3 aromatic carbocycles. The number of benzene rings is 3. The predicted molar refractivity (Wildman–Crippen MR) is 127 cm³/mol. The molecule has 4 nitrogen and oxygen atoms in total. The first-order chi connectivity index (χ1) is 16.0. The van der Waals surface area contributed by atoms with Crippen molar-refractivity contribution in [2.75, 3.05) is 0 Å². The molecule has 33 heavy (non-hydrogen) atoms. The highest BCUT2D eigenvalue weighted by Crippen LogP contribution is 2.60. The van der Waals surface area contributed by atoms with Crippen LogP contribution < -0.4 is 0 Å². The van der Waals surface area contributed by atoms with Gasteiger partial charge >= 0.3 is 0 Å². The highest BCUT2D eigenvalue weighted by atomic mass is 35.5. The van der Waals surface area contributed by atoms with Crippen LogP contribution in [-0.2, 0) is 0 Å². The van der Waals surface area contributed by atoms with E-state index in [1.807, 2.05) is 47.5 Å². The van der Waals surface area contributed by atoms with Gasteiger partial charge in [-0.3, -0.25) is 4.79 Å². The van der Waals surface area contributed by atoms with Crippen molar-refractivity contribution in [3.05, 3.63) is 111 Å². The van der Waals surface area contributed by atoms with Crippen LogP contribution in [0.1, 0.15) is 39.0 Å². The number of ketones is 1. The molecule has 0 amide bonds. The van der Waals surface area contributed by atoms with Crippen molar-refractivity contribution in [1.82, 2.24) is 4.90 Å². The lowest BCUT2D eigenvalue weighted by atomic mass is 9.67. The number of carbonyl (C=O) groups is 1. The second kappa shape index (κ2) is 8.09. The normalized spacial score (nSPS) is 22.1. The number of rotatable bonds is 3. The van der Waals surface area contributed by atoms with E-state index in [4.69, 9.17) is 23.2 Å². The fourth-order valence-corrected chi connectivity index (χ4v) is 5.69. The molecular weight excluding hydrogens is 453 g/mol. The molecule has 0 unspecified atom stereocenters. The van der Waals surface area contributed by atoms with Gasteiger partial charge in [0.2, 0.25) is 0 Å². The molecule has 2 aliphatic heterocycles. The Labute approximate surface area is 201 Å². The number of nitriles is 2. The van der Waals surface area contributed by atoms with Gasteiger partial charge in [0.1, 0.15) is 6.04 Å². The number of nitrogens with zero attached hydrogens (tertiary/aromatic N) is 3. The average Bonchev–Trinajstić information content (AvgIpc) is 3.15. The fraction of sp³-hybridized carbons (Fsp3) is 0.148. The Bertz CT molecular complexity index is 1360. The fourth-order valence-electron chi connectivity index (χ4n) is 5.17. The number of hydrogen-bond donors (Lipinski definition) is 0. The van der Waals surface area contributed by atoms with E-state index in [0.29, 0.717) is 21.2 Å². The van der Waals surface area contributed by atoms with Crippen molar-refractivity contribution >= 4 is 35.1 Å². The minimum atomic E-state index is -1.56. The summed E-state index contributed by atoms with van der Waals surface area (Å²) in [7, 11) is 0. The SMILES string of the molecule is N#CC1(C#N)[C@H](c2ccc(Cl)cc2Cl)[C@H](C(=O)c2ccccc2)N2C=Cc3ccccc3[C@H]21. The first kappa shape index (κ1) is 21.3. The van der Waals surface area contributed by atoms with E-state index in [2.05, 4.69) is 12.1 Å². The van der Waals surface area contributed by atoms with Crippen molar-refractivity contribution in [1.29, 1.82) is 10.5 Å². The van der Waals surface area contributed by atoms with E-state index >= 15 is 0 Å². The Morgan fingerprint density at radius 2 is 1.61 bits per heavy atom. The number of carbonyl (C=O) groups excluding carboxylic acids is 1. The highest BCUT2D eigenvalue weighted by molar-refractivity contribution is 6.35. The summed E-state index contributed by atoms with van der Waals surface area (Å²) in [5.74, 6) is -0.973. The largest absolute Gasteiger partial charge is 0.357 e. The minimum absolute atomic E-state index is 0.173. The monoisotopic (exact) mass is 469 g/mol. The van der Waals surface area contributed by atoms with Gasteiger partial charge in [-0.05, 0) is 34.9 Å². The van der Waals surface area contributed by atoms with Gasteiger partial charge in [-0.25, -0.2) is 0 Å².